The predicted octanol–water partition coefficient (Wildman–Crippen LogP) is 2.95. The molecule has 1 N–H and O–H groups in total. The Kier molecular flexibility index (Phi) is 5.66. The highest BCUT2D eigenvalue weighted by atomic mass is 32.1. The van der Waals surface area contributed by atoms with Crippen molar-refractivity contribution in [3.8, 4) is 6.07 Å². The van der Waals surface area contributed by atoms with E-state index in [-0.39, 0.29) is 30.7 Å². The number of amides is 2. The lowest BCUT2D eigenvalue weighted by Crippen LogP contribution is -2.30. The van der Waals surface area contributed by atoms with E-state index in [0.717, 1.165) is 11.3 Å². The van der Waals surface area contributed by atoms with E-state index in [9.17, 15) is 14.4 Å². The van der Waals surface area contributed by atoms with Gasteiger partial charge in [0.1, 0.15) is 10.5 Å². The van der Waals surface area contributed by atoms with Gasteiger partial charge in [-0.3, -0.25) is 19.7 Å². The van der Waals surface area contributed by atoms with Crippen LogP contribution in [-0.2, 0) is 16.1 Å². The number of thiazole rings is 1. The summed E-state index contributed by atoms with van der Waals surface area (Å²) < 4.78 is 5.26. The molecule has 0 bridgehead atoms. The molecular weight excluding hydrogens is 392 g/mol. The number of hydrogen-bond acceptors (Lipinski definition) is 7. The van der Waals surface area contributed by atoms with Crippen LogP contribution in [0.1, 0.15) is 58.5 Å². The molecule has 1 aromatic heterocycles. The monoisotopic (exact) mass is 412 g/mol. The van der Waals surface area contributed by atoms with E-state index in [4.69, 9.17) is 10.00 Å². The number of nitrogens with zero attached hydrogens (tertiary/aromatic N) is 3. The number of fused-ring (bicyclic) bond motifs is 1. The van der Waals surface area contributed by atoms with Crippen molar-refractivity contribution in [3.63, 3.8) is 0 Å². The van der Waals surface area contributed by atoms with Crippen LogP contribution in [0.4, 0.5) is 5.13 Å². The highest BCUT2D eigenvalue weighted by Gasteiger charge is 2.32. The third-order valence-corrected chi connectivity index (χ3v) is 5.02. The highest BCUT2D eigenvalue weighted by molar-refractivity contribution is 7.17. The zero-order valence-corrected chi connectivity index (χ0v) is 17.1. The van der Waals surface area contributed by atoms with Crippen molar-refractivity contribution < 1.29 is 19.1 Å². The summed E-state index contributed by atoms with van der Waals surface area (Å²) in [4.78, 5) is 43.0. The van der Waals surface area contributed by atoms with Crippen LogP contribution in [-0.4, -0.2) is 39.8 Å². The van der Waals surface area contributed by atoms with Crippen LogP contribution in [0.3, 0.4) is 0 Å². The molecule has 0 radical (unpaired) electrons. The van der Waals surface area contributed by atoms with Gasteiger partial charge in [-0.05, 0) is 45.0 Å². The minimum absolute atomic E-state index is 0.111. The first-order chi connectivity index (χ1) is 13.7. The fourth-order valence-corrected chi connectivity index (χ4v) is 3.68. The second-order valence-corrected chi connectivity index (χ2v) is 8.50. The Bertz CT molecular complexity index is 999. The van der Waals surface area contributed by atoms with E-state index >= 15 is 0 Å². The van der Waals surface area contributed by atoms with Crippen LogP contribution in [0.25, 0.3) is 0 Å². The van der Waals surface area contributed by atoms with Gasteiger partial charge in [0.25, 0.3) is 11.8 Å². The summed E-state index contributed by atoms with van der Waals surface area (Å²) in [6, 6.07) is 8.22. The molecule has 1 aromatic carbocycles. The molecule has 0 aliphatic carbocycles. The molecule has 0 saturated carbocycles. The average Bonchev–Trinajstić information content (AvgIpc) is 3.17. The third-order valence-electron chi connectivity index (χ3n) is 4.02. The Labute approximate surface area is 172 Å². The minimum atomic E-state index is -0.561. The number of hydrogen-bond donors (Lipinski definition) is 1. The molecule has 0 fully saturated rings. The molecule has 0 spiro atoms. The van der Waals surface area contributed by atoms with Gasteiger partial charge in [0, 0.05) is 12.1 Å². The number of ether oxygens (including phenoxy) is 1. The van der Waals surface area contributed by atoms with Crippen molar-refractivity contribution >= 4 is 34.3 Å². The van der Waals surface area contributed by atoms with Crippen LogP contribution in [0.2, 0.25) is 0 Å². The van der Waals surface area contributed by atoms with E-state index < -0.39 is 5.60 Å². The molecule has 1 aliphatic heterocycles. The fraction of sp³-hybridized carbons (Fsp3) is 0.350. The lowest BCUT2D eigenvalue weighted by molar-refractivity contribution is -0.155. The van der Waals surface area contributed by atoms with Crippen molar-refractivity contribution in [3.05, 3.63) is 46.0 Å². The first-order valence-electron chi connectivity index (χ1n) is 8.98. The predicted molar refractivity (Wildman–Crippen MR) is 106 cm³/mol. The van der Waals surface area contributed by atoms with E-state index in [0.29, 0.717) is 33.4 Å². The van der Waals surface area contributed by atoms with Crippen LogP contribution < -0.4 is 5.32 Å². The third kappa shape index (κ3) is 4.97. The molecule has 0 atom stereocenters. The maximum Gasteiger partial charge on any atom is 0.308 e. The molecule has 2 amide bonds. The first-order valence-corrected chi connectivity index (χ1v) is 9.80. The van der Waals surface area contributed by atoms with Crippen LogP contribution in [0.15, 0.2) is 24.3 Å². The Hall–Kier alpha value is -3.25. The zero-order valence-electron chi connectivity index (χ0n) is 16.3. The molecule has 29 heavy (non-hydrogen) atoms. The number of nitrogens with one attached hydrogen (secondary N) is 1. The van der Waals surface area contributed by atoms with Crippen molar-refractivity contribution in [1.82, 2.24) is 9.88 Å². The topological polar surface area (TPSA) is 112 Å². The van der Waals surface area contributed by atoms with Gasteiger partial charge in [-0.15, -0.1) is 0 Å². The highest BCUT2D eigenvalue weighted by Crippen LogP contribution is 2.31. The Morgan fingerprint density at radius 2 is 2.00 bits per heavy atom. The van der Waals surface area contributed by atoms with E-state index in [1.807, 2.05) is 6.07 Å². The van der Waals surface area contributed by atoms with Gasteiger partial charge in [-0.1, -0.05) is 11.3 Å². The molecular formula is C20H20N4O4S. The standard InChI is InChI=1S/C20H20N4O4S/c1-20(2,3)28-15(25)8-9-24-11-14-16(18(24)27)29-19(22-14)23-17(26)13-6-4-12(10-21)5-7-13/h4-7H,8-9,11H2,1-3H3,(H,22,23,26). The smallest absolute Gasteiger partial charge is 0.308 e. The molecule has 9 heteroatoms. The number of aromatic nitrogens is 1. The van der Waals surface area contributed by atoms with Gasteiger partial charge in [-0.25, -0.2) is 4.98 Å². The molecule has 2 aromatic rings. The summed E-state index contributed by atoms with van der Waals surface area (Å²) in [5, 5.41) is 11.8. The van der Waals surface area contributed by atoms with Gasteiger partial charge in [-0.2, -0.15) is 5.26 Å². The van der Waals surface area contributed by atoms with E-state index in [1.165, 1.54) is 0 Å². The summed E-state index contributed by atoms with van der Waals surface area (Å²) in [6.45, 7) is 5.92. The number of rotatable bonds is 5. The van der Waals surface area contributed by atoms with Crippen molar-refractivity contribution in [2.45, 2.75) is 39.3 Å². The summed E-state index contributed by atoms with van der Waals surface area (Å²) in [6.07, 6.45) is 0.111. The summed E-state index contributed by atoms with van der Waals surface area (Å²) in [5.74, 6) is -0.931. The van der Waals surface area contributed by atoms with Crippen molar-refractivity contribution in [2.75, 3.05) is 11.9 Å². The zero-order chi connectivity index (χ0) is 21.2. The maximum absolute atomic E-state index is 12.5. The van der Waals surface area contributed by atoms with E-state index in [1.54, 1.807) is 49.9 Å². The lowest BCUT2D eigenvalue weighted by Gasteiger charge is -2.21. The van der Waals surface area contributed by atoms with Gasteiger partial charge in [0.05, 0.1) is 30.3 Å². The summed E-state index contributed by atoms with van der Waals surface area (Å²) >= 11 is 1.11. The Morgan fingerprint density at radius 3 is 2.59 bits per heavy atom. The van der Waals surface area contributed by atoms with Gasteiger partial charge < -0.3 is 9.64 Å². The second kappa shape index (κ2) is 8.01. The maximum atomic E-state index is 12.5. The van der Waals surface area contributed by atoms with Gasteiger partial charge in [0.15, 0.2) is 5.13 Å². The summed E-state index contributed by atoms with van der Waals surface area (Å²) in [7, 11) is 0. The van der Waals surface area contributed by atoms with Gasteiger partial charge >= 0.3 is 5.97 Å². The normalized spacial score (nSPS) is 13.0. The molecule has 150 valence electrons. The number of carbonyl (C=O) groups excluding carboxylic acids is 3. The van der Waals surface area contributed by atoms with Crippen molar-refractivity contribution in [1.29, 1.82) is 5.26 Å². The first kappa shape index (κ1) is 20.5. The fourth-order valence-electron chi connectivity index (χ4n) is 2.74. The Balaban J connectivity index is 1.58. The average molecular weight is 412 g/mol. The largest absolute Gasteiger partial charge is 0.460 e. The number of carbonyl (C=O) groups is 3. The van der Waals surface area contributed by atoms with Gasteiger partial charge in [0.2, 0.25) is 0 Å². The molecule has 0 saturated heterocycles. The van der Waals surface area contributed by atoms with Crippen LogP contribution >= 0.6 is 11.3 Å². The molecule has 0 unspecified atom stereocenters. The Morgan fingerprint density at radius 1 is 1.31 bits per heavy atom. The van der Waals surface area contributed by atoms with Crippen molar-refractivity contribution in [2.24, 2.45) is 0 Å². The van der Waals surface area contributed by atoms with E-state index in [2.05, 4.69) is 10.3 Å². The molecule has 8 nitrogen and oxygen atoms in total. The number of esters is 1. The quantitative estimate of drug-likeness (QED) is 0.756. The number of anilines is 1. The van der Waals surface area contributed by atoms with Crippen LogP contribution in [0.5, 0.6) is 0 Å². The minimum Gasteiger partial charge on any atom is -0.460 e. The SMILES string of the molecule is CC(C)(C)OC(=O)CCN1Cc2nc(NC(=O)c3ccc(C#N)cc3)sc2C1=O. The summed E-state index contributed by atoms with van der Waals surface area (Å²) in [5.41, 5.74) is 0.879. The molecule has 1 aliphatic rings. The number of nitriles is 1. The lowest BCUT2D eigenvalue weighted by atomic mass is 10.1. The molecule has 3 rings (SSSR count). The second-order valence-electron chi connectivity index (χ2n) is 7.50. The number of benzene rings is 1. The van der Waals surface area contributed by atoms with Crippen LogP contribution in [0, 0.1) is 11.3 Å². The molecule has 2 heterocycles.